The van der Waals surface area contributed by atoms with E-state index < -0.39 is 0 Å². The number of amidine groups is 1. The second-order valence-corrected chi connectivity index (χ2v) is 2.49. The lowest BCUT2D eigenvalue weighted by atomic mass is 10.1. The summed E-state index contributed by atoms with van der Waals surface area (Å²) in [5, 5.41) is 6.98. The van der Waals surface area contributed by atoms with Crippen LogP contribution in [0.4, 0.5) is 0 Å². The highest BCUT2D eigenvalue weighted by Gasteiger charge is 2.02. The molecule has 3 N–H and O–H groups in total. The largest absolute Gasteiger partial charge is 0.388 e. The second kappa shape index (κ2) is 5.23. The van der Waals surface area contributed by atoms with Crippen molar-refractivity contribution in [3.05, 3.63) is 0 Å². The summed E-state index contributed by atoms with van der Waals surface area (Å²) in [5.74, 6) is 0.615. The first kappa shape index (κ1) is 9.43. The van der Waals surface area contributed by atoms with E-state index in [0.29, 0.717) is 18.9 Å². The molecule has 0 rings (SSSR count). The Balaban J connectivity index is 3.25. The SMILES string of the molecule is CCOCC(C)CC(=N)N. The third-order valence-corrected chi connectivity index (χ3v) is 1.17. The Morgan fingerprint density at radius 3 is 2.70 bits per heavy atom. The molecule has 0 aromatic heterocycles. The molecule has 3 nitrogen and oxygen atoms in total. The minimum absolute atomic E-state index is 0.243. The third kappa shape index (κ3) is 5.56. The van der Waals surface area contributed by atoms with Crippen molar-refractivity contribution in [3.8, 4) is 0 Å². The summed E-state index contributed by atoms with van der Waals surface area (Å²) >= 11 is 0. The first-order valence-corrected chi connectivity index (χ1v) is 3.57. The van der Waals surface area contributed by atoms with Gasteiger partial charge in [-0.3, -0.25) is 5.41 Å². The lowest BCUT2D eigenvalue weighted by Crippen LogP contribution is -2.17. The fourth-order valence-electron chi connectivity index (χ4n) is 0.753. The van der Waals surface area contributed by atoms with Crippen molar-refractivity contribution in [1.29, 1.82) is 5.41 Å². The smallest absolute Gasteiger partial charge is 0.0908 e. The van der Waals surface area contributed by atoms with Gasteiger partial charge in [0.1, 0.15) is 0 Å². The van der Waals surface area contributed by atoms with Crippen molar-refractivity contribution in [3.63, 3.8) is 0 Å². The van der Waals surface area contributed by atoms with Crippen molar-refractivity contribution >= 4 is 5.84 Å². The van der Waals surface area contributed by atoms with E-state index >= 15 is 0 Å². The van der Waals surface area contributed by atoms with Gasteiger partial charge in [-0.25, -0.2) is 0 Å². The van der Waals surface area contributed by atoms with Crippen LogP contribution in [0.3, 0.4) is 0 Å². The fourth-order valence-corrected chi connectivity index (χ4v) is 0.753. The molecule has 0 saturated carbocycles. The van der Waals surface area contributed by atoms with Crippen LogP contribution in [0.25, 0.3) is 0 Å². The minimum Gasteiger partial charge on any atom is -0.388 e. The first-order valence-electron chi connectivity index (χ1n) is 3.57. The van der Waals surface area contributed by atoms with Crippen molar-refractivity contribution in [2.75, 3.05) is 13.2 Å². The molecule has 0 spiro atoms. The average molecular weight is 144 g/mol. The van der Waals surface area contributed by atoms with Gasteiger partial charge in [-0.15, -0.1) is 0 Å². The van der Waals surface area contributed by atoms with Crippen LogP contribution in [-0.4, -0.2) is 19.0 Å². The molecule has 0 aromatic carbocycles. The summed E-state index contributed by atoms with van der Waals surface area (Å²) < 4.78 is 5.14. The molecular weight excluding hydrogens is 128 g/mol. The van der Waals surface area contributed by atoms with Crippen LogP contribution < -0.4 is 5.73 Å². The maximum absolute atomic E-state index is 6.98. The zero-order chi connectivity index (χ0) is 7.98. The molecule has 0 aliphatic rings. The number of rotatable bonds is 5. The normalized spacial score (nSPS) is 13.0. The molecule has 0 amide bonds. The van der Waals surface area contributed by atoms with Gasteiger partial charge >= 0.3 is 0 Å². The van der Waals surface area contributed by atoms with Gasteiger partial charge in [0, 0.05) is 19.6 Å². The van der Waals surface area contributed by atoms with Gasteiger partial charge in [0.2, 0.25) is 0 Å². The van der Waals surface area contributed by atoms with Gasteiger partial charge in [-0.2, -0.15) is 0 Å². The van der Waals surface area contributed by atoms with Gasteiger partial charge in [0.15, 0.2) is 0 Å². The van der Waals surface area contributed by atoms with E-state index in [1.165, 1.54) is 0 Å². The zero-order valence-electron chi connectivity index (χ0n) is 6.68. The lowest BCUT2D eigenvalue weighted by molar-refractivity contribution is 0.118. The fraction of sp³-hybridized carbons (Fsp3) is 0.857. The molecule has 3 heteroatoms. The monoisotopic (exact) mass is 144 g/mol. The number of nitrogens with one attached hydrogen (secondary N) is 1. The van der Waals surface area contributed by atoms with Crippen LogP contribution in [0.2, 0.25) is 0 Å². The van der Waals surface area contributed by atoms with Crippen molar-refractivity contribution < 1.29 is 4.74 Å². The topological polar surface area (TPSA) is 59.1 Å². The van der Waals surface area contributed by atoms with Crippen molar-refractivity contribution in [2.45, 2.75) is 20.3 Å². The van der Waals surface area contributed by atoms with E-state index in [4.69, 9.17) is 15.9 Å². The molecule has 0 heterocycles. The highest BCUT2D eigenvalue weighted by Crippen LogP contribution is 2.00. The Bertz CT molecular complexity index is 104. The average Bonchev–Trinajstić information content (AvgIpc) is 1.82. The van der Waals surface area contributed by atoms with Gasteiger partial charge < -0.3 is 10.5 Å². The van der Waals surface area contributed by atoms with E-state index in [9.17, 15) is 0 Å². The molecule has 0 bridgehead atoms. The summed E-state index contributed by atoms with van der Waals surface area (Å²) in [6.45, 7) is 5.43. The Morgan fingerprint density at radius 2 is 2.30 bits per heavy atom. The molecule has 0 radical (unpaired) electrons. The van der Waals surface area contributed by atoms with E-state index in [1.54, 1.807) is 0 Å². The maximum Gasteiger partial charge on any atom is 0.0908 e. The highest BCUT2D eigenvalue weighted by atomic mass is 16.5. The van der Waals surface area contributed by atoms with E-state index in [2.05, 4.69) is 0 Å². The van der Waals surface area contributed by atoms with E-state index in [-0.39, 0.29) is 5.84 Å². The Morgan fingerprint density at radius 1 is 1.70 bits per heavy atom. The molecule has 1 unspecified atom stereocenters. The predicted molar refractivity (Wildman–Crippen MR) is 42.2 cm³/mol. The molecule has 0 aromatic rings. The lowest BCUT2D eigenvalue weighted by Gasteiger charge is -2.08. The van der Waals surface area contributed by atoms with E-state index in [1.807, 2.05) is 13.8 Å². The zero-order valence-corrected chi connectivity index (χ0v) is 6.68. The predicted octanol–water partition coefficient (Wildman–Crippen LogP) is 0.985. The molecular formula is C7H16N2O. The van der Waals surface area contributed by atoms with Gasteiger partial charge in [0.25, 0.3) is 0 Å². The van der Waals surface area contributed by atoms with Gasteiger partial charge in [-0.1, -0.05) is 6.92 Å². The number of nitrogens with two attached hydrogens (primary N) is 1. The van der Waals surface area contributed by atoms with Crippen LogP contribution in [0.15, 0.2) is 0 Å². The third-order valence-electron chi connectivity index (χ3n) is 1.17. The van der Waals surface area contributed by atoms with Gasteiger partial charge in [0.05, 0.1) is 5.84 Å². The number of hydrogen-bond donors (Lipinski definition) is 2. The van der Waals surface area contributed by atoms with Crippen LogP contribution in [0, 0.1) is 11.3 Å². The summed E-state index contributed by atoms with van der Waals surface area (Å²) in [4.78, 5) is 0. The molecule has 10 heavy (non-hydrogen) atoms. The molecule has 0 aliphatic heterocycles. The molecule has 0 saturated heterocycles. The molecule has 0 aliphatic carbocycles. The van der Waals surface area contributed by atoms with Crippen LogP contribution in [0.5, 0.6) is 0 Å². The molecule has 1 atom stereocenters. The highest BCUT2D eigenvalue weighted by molar-refractivity contribution is 5.76. The van der Waals surface area contributed by atoms with Crippen molar-refractivity contribution in [2.24, 2.45) is 11.7 Å². The van der Waals surface area contributed by atoms with Crippen molar-refractivity contribution in [1.82, 2.24) is 0 Å². The maximum atomic E-state index is 6.98. The Labute approximate surface area is 62.1 Å². The van der Waals surface area contributed by atoms with Crippen LogP contribution >= 0.6 is 0 Å². The minimum atomic E-state index is 0.243. The van der Waals surface area contributed by atoms with E-state index in [0.717, 1.165) is 6.61 Å². The van der Waals surface area contributed by atoms with Crippen LogP contribution in [-0.2, 0) is 4.74 Å². The molecule has 0 fully saturated rings. The summed E-state index contributed by atoms with van der Waals surface area (Å²) in [6.07, 6.45) is 0.639. The summed E-state index contributed by atoms with van der Waals surface area (Å²) in [6, 6.07) is 0. The summed E-state index contributed by atoms with van der Waals surface area (Å²) in [5.41, 5.74) is 5.19. The Hall–Kier alpha value is -0.570. The quantitative estimate of drug-likeness (QED) is 0.446. The number of ether oxygens (including phenoxy) is 1. The van der Waals surface area contributed by atoms with Crippen LogP contribution in [0.1, 0.15) is 20.3 Å². The van der Waals surface area contributed by atoms with Gasteiger partial charge in [-0.05, 0) is 12.8 Å². The summed E-state index contributed by atoms with van der Waals surface area (Å²) in [7, 11) is 0. The second-order valence-electron chi connectivity index (χ2n) is 2.49. The first-order chi connectivity index (χ1) is 4.66. The standard InChI is InChI=1S/C7H16N2O/c1-3-10-5-6(2)4-7(8)9/h6H,3-5H2,1-2H3,(H3,8,9). The number of hydrogen-bond acceptors (Lipinski definition) is 2. The Kier molecular flexibility index (Phi) is 4.94. The molecule has 60 valence electrons.